The Bertz CT molecular complexity index is 539. The van der Waals surface area contributed by atoms with Gasteiger partial charge in [-0.15, -0.1) is 0 Å². The molecule has 2 atom stereocenters. The summed E-state index contributed by atoms with van der Waals surface area (Å²) in [5.41, 5.74) is 0.711. The molecule has 1 fully saturated rings. The van der Waals surface area contributed by atoms with Crippen LogP contribution in [0.2, 0.25) is 0 Å². The van der Waals surface area contributed by atoms with Crippen LogP contribution in [0.3, 0.4) is 0 Å². The zero-order chi connectivity index (χ0) is 14.8. The molecule has 0 aliphatic carbocycles. The van der Waals surface area contributed by atoms with Crippen molar-refractivity contribution in [1.82, 2.24) is 4.31 Å². The Kier molecular flexibility index (Phi) is 4.80. The lowest BCUT2D eigenvalue weighted by Crippen LogP contribution is -2.29. The summed E-state index contributed by atoms with van der Waals surface area (Å²) in [6.07, 6.45) is 0.239. The summed E-state index contributed by atoms with van der Waals surface area (Å²) < 4.78 is 31.6. The number of aliphatic hydroxyl groups is 1. The lowest BCUT2D eigenvalue weighted by molar-refractivity contribution is 0.157. The molecule has 0 radical (unpaired) electrons. The van der Waals surface area contributed by atoms with E-state index in [-0.39, 0.29) is 10.8 Å². The average Bonchev–Trinajstić information content (AvgIpc) is 2.88. The molecule has 0 amide bonds. The van der Waals surface area contributed by atoms with Crippen LogP contribution in [0.15, 0.2) is 29.2 Å². The van der Waals surface area contributed by atoms with Gasteiger partial charge in [0.05, 0.1) is 17.6 Å². The Morgan fingerprint density at radius 2 is 2.05 bits per heavy atom. The number of aliphatic hydroxyl groups excluding tert-OH is 1. The van der Waals surface area contributed by atoms with E-state index in [1.54, 1.807) is 38.3 Å². The number of hydrogen-bond acceptors (Lipinski definition) is 4. The summed E-state index contributed by atoms with van der Waals surface area (Å²) in [7, 11) is -1.81. The van der Waals surface area contributed by atoms with Gasteiger partial charge >= 0.3 is 0 Å². The van der Waals surface area contributed by atoms with Gasteiger partial charge in [0.2, 0.25) is 10.0 Å². The minimum atomic E-state index is -3.44. The van der Waals surface area contributed by atoms with E-state index >= 15 is 0 Å². The predicted octanol–water partition coefficient (Wildman–Crippen LogP) is 1.40. The molecule has 112 valence electrons. The topological polar surface area (TPSA) is 66.8 Å². The van der Waals surface area contributed by atoms with E-state index in [0.29, 0.717) is 25.3 Å². The highest BCUT2D eigenvalue weighted by Gasteiger charge is 2.32. The van der Waals surface area contributed by atoms with Crippen LogP contribution < -0.4 is 0 Å². The van der Waals surface area contributed by atoms with Gasteiger partial charge < -0.3 is 9.84 Å². The van der Waals surface area contributed by atoms with Crippen molar-refractivity contribution in [2.45, 2.75) is 24.3 Å². The zero-order valence-corrected chi connectivity index (χ0v) is 12.6. The lowest BCUT2D eigenvalue weighted by Gasteiger charge is -2.17. The number of rotatable bonds is 5. The Hall–Kier alpha value is -0.950. The van der Waals surface area contributed by atoms with Crippen LogP contribution in [0.1, 0.15) is 25.0 Å². The monoisotopic (exact) mass is 299 g/mol. The highest BCUT2D eigenvalue weighted by Crippen LogP contribution is 2.25. The molecule has 1 saturated heterocycles. The van der Waals surface area contributed by atoms with Crippen LogP contribution in [0.4, 0.5) is 0 Å². The fraction of sp³-hybridized carbons (Fsp3) is 0.571. The lowest BCUT2D eigenvalue weighted by atomic mass is 10.1. The normalized spacial score (nSPS) is 22.1. The van der Waals surface area contributed by atoms with Crippen LogP contribution in [0.5, 0.6) is 0 Å². The summed E-state index contributed by atoms with van der Waals surface area (Å²) in [4.78, 5) is 0.278. The van der Waals surface area contributed by atoms with Crippen LogP contribution in [-0.2, 0) is 14.8 Å². The van der Waals surface area contributed by atoms with Gasteiger partial charge in [0.1, 0.15) is 0 Å². The maximum absolute atomic E-state index is 12.5. The third-order valence-electron chi connectivity index (χ3n) is 3.65. The molecule has 1 N–H and O–H groups in total. The maximum atomic E-state index is 12.5. The van der Waals surface area contributed by atoms with E-state index in [2.05, 4.69) is 0 Å². The van der Waals surface area contributed by atoms with E-state index in [1.807, 2.05) is 0 Å². The SMILES string of the molecule is COCC1CCN(S(=O)(=O)c2ccc(C(C)O)cc2)C1. The van der Waals surface area contributed by atoms with Crippen LogP contribution in [0.25, 0.3) is 0 Å². The first-order chi connectivity index (χ1) is 9.45. The first-order valence-electron chi connectivity index (χ1n) is 6.72. The zero-order valence-electron chi connectivity index (χ0n) is 11.8. The van der Waals surface area contributed by atoms with Crippen molar-refractivity contribution >= 4 is 10.0 Å². The van der Waals surface area contributed by atoms with Gasteiger partial charge in [0.25, 0.3) is 0 Å². The van der Waals surface area contributed by atoms with Crippen LogP contribution in [0, 0.1) is 5.92 Å². The Labute approximate surface area is 120 Å². The minimum absolute atomic E-state index is 0.270. The van der Waals surface area contributed by atoms with Gasteiger partial charge in [-0.25, -0.2) is 8.42 Å². The van der Waals surface area contributed by atoms with Crippen molar-refractivity contribution in [3.8, 4) is 0 Å². The van der Waals surface area contributed by atoms with Crippen LogP contribution in [-0.4, -0.2) is 44.6 Å². The number of nitrogens with zero attached hydrogens (tertiary/aromatic N) is 1. The molecule has 1 heterocycles. The largest absolute Gasteiger partial charge is 0.389 e. The first kappa shape index (κ1) is 15.4. The molecule has 2 unspecified atom stereocenters. The second kappa shape index (κ2) is 6.22. The van der Waals surface area contributed by atoms with E-state index < -0.39 is 16.1 Å². The van der Waals surface area contributed by atoms with Crippen molar-refractivity contribution in [2.24, 2.45) is 5.92 Å². The van der Waals surface area contributed by atoms with Gasteiger partial charge in [0, 0.05) is 20.2 Å². The number of methoxy groups -OCH3 is 1. The van der Waals surface area contributed by atoms with Gasteiger partial charge in [-0.3, -0.25) is 0 Å². The fourth-order valence-corrected chi connectivity index (χ4v) is 3.99. The number of sulfonamides is 1. The molecule has 1 aliphatic heterocycles. The third kappa shape index (κ3) is 3.20. The molecule has 0 spiro atoms. The summed E-state index contributed by atoms with van der Waals surface area (Å²) in [6.45, 7) is 3.29. The van der Waals surface area contributed by atoms with Crippen LogP contribution >= 0.6 is 0 Å². The predicted molar refractivity (Wildman–Crippen MR) is 75.8 cm³/mol. The van der Waals surface area contributed by atoms with Gasteiger partial charge in [-0.05, 0) is 37.0 Å². The standard InChI is InChI=1S/C14H21NO4S/c1-11(16)13-3-5-14(6-4-13)20(17,18)15-8-7-12(9-15)10-19-2/h3-6,11-12,16H,7-10H2,1-2H3. The number of ether oxygens (including phenoxy) is 1. The summed E-state index contributed by atoms with van der Waals surface area (Å²) in [5.74, 6) is 0.270. The molecule has 0 bridgehead atoms. The van der Waals surface area contributed by atoms with Gasteiger partial charge in [-0.1, -0.05) is 12.1 Å². The summed E-state index contributed by atoms with van der Waals surface area (Å²) in [6, 6.07) is 6.42. The highest BCUT2D eigenvalue weighted by atomic mass is 32.2. The smallest absolute Gasteiger partial charge is 0.243 e. The van der Waals surface area contributed by atoms with E-state index in [1.165, 1.54) is 4.31 Å². The Morgan fingerprint density at radius 1 is 1.40 bits per heavy atom. The van der Waals surface area contributed by atoms with E-state index in [9.17, 15) is 13.5 Å². The van der Waals surface area contributed by atoms with E-state index in [4.69, 9.17) is 4.74 Å². The van der Waals surface area contributed by atoms with E-state index in [0.717, 1.165) is 6.42 Å². The summed E-state index contributed by atoms with van der Waals surface area (Å²) in [5, 5.41) is 9.45. The molecule has 5 nitrogen and oxygen atoms in total. The van der Waals surface area contributed by atoms with Crippen molar-refractivity contribution in [1.29, 1.82) is 0 Å². The van der Waals surface area contributed by atoms with Crippen molar-refractivity contribution in [3.05, 3.63) is 29.8 Å². The Balaban J connectivity index is 2.14. The second-order valence-corrected chi connectivity index (χ2v) is 7.16. The first-order valence-corrected chi connectivity index (χ1v) is 8.16. The molecular formula is C14H21NO4S. The van der Waals surface area contributed by atoms with Crippen molar-refractivity contribution in [3.63, 3.8) is 0 Å². The van der Waals surface area contributed by atoms with Crippen molar-refractivity contribution in [2.75, 3.05) is 26.8 Å². The molecular weight excluding hydrogens is 278 g/mol. The quantitative estimate of drug-likeness (QED) is 0.892. The molecule has 20 heavy (non-hydrogen) atoms. The minimum Gasteiger partial charge on any atom is -0.389 e. The Morgan fingerprint density at radius 3 is 2.60 bits per heavy atom. The molecule has 2 rings (SSSR count). The molecule has 1 aromatic carbocycles. The second-order valence-electron chi connectivity index (χ2n) is 5.22. The maximum Gasteiger partial charge on any atom is 0.243 e. The molecule has 6 heteroatoms. The third-order valence-corrected chi connectivity index (χ3v) is 5.53. The van der Waals surface area contributed by atoms with Crippen molar-refractivity contribution < 1.29 is 18.3 Å². The summed E-state index contributed by atoms with van der Waals surface area (Å²) >= 11 is 0. The average molecular weight is 299 g/mol. The molecule has 1 aromatic rings. The molecule has 1 aliphatic rings. The highest BCUT2D eigenvalue weighted by molar-refractivity contribution is 7.89. The van der Waals surface area contributed by atoms with Gasteiger partial charge in [-0.2, -0.15) is 4.31 Å². The number of benzene rings is 1. The molecule has 0 saturated carbocycles. The molecule has 0 aromatic heterocycles. The van der Waals surface area contributed by atoms with Gasteiger partial charge in [0.15, 0.2) is 0 Å². The number of hydrogen-bond donors (Lipinski definition) is 1. The fourth-order valence-electron chi connectivity index (χ4n) is 2.45.